The van der Waals surface area contributed by atoms with E-state index in [1.165, 1.54) is 6.42 Å². The first kappa shape index (κ1) is 16.2. The molecule has 2 N–H and O–H groups in total. The van der Waals surface area contributed by atoms with Crippen LogP contribution in [-0.4, -0.2) is 49.7 Å². The van der Waals surface area contributed by atoms with Crippen LogP contribution in [0.25, 0.3) is 10.1 Å². The quantitative estimate of drug-likeness (QED) is 0.864. The smallest absolute Gasteiger partial charge is 0.253 e. The van der Waals surface area contributed by atoms with Crippen LogP contribution in [0.4, 0.5) is 5.69 Å². The topological polar surface area (TPSA) is 70.7 Å². The van der Waals surface area contributed by atoms with Gasteiger partial charge in [0.1, 0.15) is 6.61 Å². The summed E-state index contributed by atoms with van der Waals surface area (Å²) < 4.78 is 6.31. The van der Waals surface area contributed by atoms with E-state index in [1.807, 2.05) is 23.6 Å². The Bertz CT molecular complexity index is 880. The van der Waals surface area contributed by atoms with Crippen molar-refractivity contribution in [3.8, 4) is 0 Å². The maximum Gasteiger partial charge on any atom is 0.253 e. The summed E-state index contributed by atoms with van der Waals surface area (Å²) in [5.74, 6) is -0.0597. The van der Waals surface area contributed by atoms with Gasteiger partial charge in [0.25, 0.3) is 11.8 Å². The third kappa shape index (κ3) is 2.71. The second-order valence-electron chi connectivity index (χ2n) is 7.29. The molecule has 2 aromatic rings. The monoisotopic (exact) mass is 371 g/mol. The molecule has 3 aliphatic heterocycles. The van der Waals surface area contributed by atoms with Crippen molar-refractivity contribution in [1.82, 2.24) is 10.6 Å². The van der Waals surface area contributed by atoms with Crippen LogP contribution in [0.2, 0.25) is 0 Å². The molecule has 136 valence electrons. The summed E-state index contributed by atoms with van der Waals surface area (Å²) in [6.07, 6.45) is 3.38. The van der Waals surface area contributed by atoms with Crippen LogP contribution in [0.1, 0.15) is 29.6 Å². The van der Waals surface area contributed by atoms with Crippen molar-refractivity contribution in [2.75, 3.05) is 24.7 Å². The maximum absolute atomic E-state index is 12.8. The lowest BCUT2D eigenvalue weighted by molar-refractivity contribution is -0.125. The fourth-order valence-electron chi connectivity index (χ4n) is 4.37. The number of thiophene rings is 1. The zero-order chi connectivity index (χ0) is 17.7. The van der Waals surface area contributed by atoms with E-state index in [-0.39, 0.29) is 24.5 Å². The fraction of sp³-hybridized carbons (Fsp3) is 0.474. The molecular weight excluding hydrogens is 350 g/mol. The number of nitrogens with zero attached hydrogens (tertiary/aromatic N) is 1. The minimum absolute atomic E-state index is 0.0288. The minimum atomic E-state index is -0.0308. The number of carbonyl (C=O) groups excluding carboxylic acids is 2. The van der Waals surface area contributed by atoms with Gasteiger partial charge in [-0.05, 0) is 37.5 Å². The van der Waals surface area contributed by atoms with Crippen molar-refractivity contribution in [2.24, 2.45) is 0 Å². The van der Waals surface area contributed by atoms with E-state index in [2.05, 4.69) is 10.6 Å². The number of amides is 2. The van der Waals surface area contributed by atoms with Gasteiger partial charge in [-0.2, -0.15) is 0 Å². The second-order valence-corrected chi connectivity index (χ2v) is 8.20. The van der Waals surface area contributed by atoms with Crippen LogP contribution in [0.5, 0.6) is 0 Å². The summed E-state index contributed by atoms with van der Waals surface area (Å²) in [5, 5.41) is 9.70. The van der Waals surface area contributed by atoms with Crippen LogP contribution in [0.3, 0.4) is 0 Å². The summed E-state index contributed by atoms with van der Waals surface area (Å²) in [5.41, 5.74) is 1.54. The van der Waals surface area contributed by atoms with Crippen molar-refractivity contribution >= 4 is 38.9 Å². The van der Waals surface area contributed by atoms with Gasteiger partial charge >= 0.3 is 0 Å². The average Bonchev–Trinajstić information content (AvgIpc) is 3.37. The van der Waals surface area contributed by atoms with Gasteiger partial charge in [0.05, 0.1) is 12.3 Å². The number of morpholine rings is 1. The van der Waals surface area contributed by atoms with E-state index in [1.54, 1.807) is 16.2 Å². The Morgan fingerprint density at radius 3 is 3.04 bits per heavy atom. The molecule has 6 nitrogen and oxygen atoms in total. The van der Waals surface area contributed by atoms with Gasteiger partial charge < -0.3 is 20.3 Å². The van der Waals surface area contributed by atoms with E-state index in [4.69, 9.17) is 4.74 Å². The summed E-state index contributed by atoms with van der Waals surface area (Å²) in [6.45, 7) is 1.22. The number of carbonyl (C=O) groups is 2. The molecule has 5 rings (SSSR count). The molecule has 1 aromatic carbocycles. The van der Waals surface area contributed by atoms with Crippen LogP contribution in [0.15, 0.2) is 23.6 Å². The number of benzene rings is 1. The molecule has 3 saturated heterocycles. The van der Waals surface area contributed by atoms with Crippen LogP contribution in [0, 0.1) is 0 Å². The Balaban J connectivity index is 1.41. The highest BCUT2D eigenvalue weighted by atomic mass is 32.1. The molecular formula is C19H21N3O3S. The molecule has 2 bridgehead atoms. The van der Waals surface area contributed by atoms with Crippen molar-refractivity contribution in [1.29, 1.82) is 0 Å². The zero-order valence-corrected chi connectivity index (χ0v) is 15.2. The lowest BCUT2D eigenvalue weighted by Crippen LogP contribution is -2.43. The Labute approximate surface area is 155 Å². The molecule has 1 aromatic heterocycles. The number of rotatable bonds is 3. The number of fused-ring (bicyclic) bond motifs is 3. The normalized spacial score (nSPS) is 28.1. The SMILES string of the molecule is O=C(N[C@@H]1C[C@H]2CC[C@@H]1N2)c1ccc2scc(N3CCOCC3=O)c2c1. The van der Waals surface area contributed by atoms with Crippen LogP contribution in [-0.2, 0) is 9.53 Å². The zero-order valence-electron chi connectivity index (χ0n) is 14.4. The standard InChI is InChI=1S/C19H21N3O3S/c23-18-9-25-6-5-22(18)16-10-26-17-4-1-11(7-13(16)17)19(24)21-15-8-12-2-3-14(15)20-12/h1,4,7,10,12,14-15,20H,2-3,5-6,8-9H2,(H,21,24)/t12-,14+,15-/m1/s1. The highest BCUT2D eigenvalue weighted by Crippen LogP contribution is 2.35. The Morgan fingerprint density at radius 1 is 1.35 bits per heavy atom. The first-order chi connectivity index (χ1) is 12.7. The maximum atomic E-state index is 12.8. The number of nitrogens with one attached hydrogen (secondary N) is 2. The molecule has 0 radical (unpaired) electrons. The number of hydrogen-bond acceptors (Lipinski definition) is 5. The van der Waals surface area contributed by atoms with Crippen molar-refractivity contribution in [2.45, 2.75) is 37.4 Å². The molecule has 0 spiro atoms. The minimum Gasteiger partial charge on any atom is -0.370 e. The summed E-state index contributed by atoms with van der Waals surface area (Å²) >= 11 is 1.60. The summed E-state index contributed by atoms with van der Waals surface area (Å²) in [6, 6.07) is 6.96. The Kier molecular flexibility index (Phi) is 3.95. The highest BCUT2D eigenvalue weighted by Gasteiger charge is 2.39. The van der Waals surface area contributed by atoms with E-state index in [9.17, 15) is 9.59 Å². The lowest BCUT2D eigenvalue weighted by atomic mass is 9.95. The van der Waals surface area contributed by atoms with Crippen LogP contribution >= 0.6 is 11.3 Å². The molecule has 0 aliphatic carbocycles. The van der Waals surface area contributed by atoms with Crippen molar-refractivity contribution in [3.63, 3.8) is 0 Å². The average molecular weight is 371 g/mol. The van der Waals surface area contributed by atoms with Crippen molar-refractivity contribution < 1.29 is 14.3 Å². The third-order valence-electron chi connectivity index (χ3n) is 5.71. The van der Waals surface area contributed by atoms with E-state index < -0.39 is 0 Å². The predicted octanol–water partition coefficient (Wildman–Crippen LogP) is 1.89. The first-order valence-electron chi connectivity index (χ1n) is 9.15. The largest absolute Gasteiger partial charge is 0.370 e. The molecule has 0 saturated carbocycles. The molecule has 2 amide bonds. The van der Waals surface area contributed by atoms with E-state index >= 15 is 0 Å². The van der Waals surface area contributed by atoms with Crippen molar-refractivity contribution in [3.05, 3.63) is 29.1 Å². The highest BCUT2D eigenvalue weighted by molar-refractivity contribution is 7.17. The van der Waals surface area contributed by atoms with E-state index in [0.717, 1.165) is 28.6 Å². The predicted molar refractivity (Wildman–Crippen MR) is 101 cm³/mol. The molecule has 3 aliphatic rings. The molecule has 4 heterocycles. The lowest BCUT2D eigenvalue weighted by Gasteiger charge is -2.26. The van der Waals surface area contributed by atoms with Gasteiger partial charge in [0.2, 0.25) is 0 Å². The molecule has 0 unspecified atom stereocenters. The number of anilines is 1. The van der Waals surface area contributed by atoms with E-state index in [0.29, 0.717) is 30.8 Å². The van der Waals surface area contributed by atoms with Crippen LogP contribution < -0.4 is 15.5 Å². The molecule has 3 fully saturated rings. The molecule has 26 heavy (non-hydrogen) atoms. The van der Waals surface area contributed by atoms with Gasteiger partial charge in [0.15, 0.2) is 0 Å². The van der Waals surface area contributed by atoms with Gasteiger partial charge in [-0.25, -0.2) is 0 Å². The fourth-order valence-corrected chi connectivity index (χ4v) is 5.30. The number of ether oxygens (including phenoxy) is 1. The van der Waals surface area contributed by atoms with Gasteiger partial charge in [-0.3, -0.25) is 9.59 Å². The molecule has 7 heteroatoms. The van der Waals surface area contributed by atoms with Gasteiger partial charge in [0, 0.05) is 45.7 Å². The van der Waals surface area contributed by atoms with Gasteiger partial charge in [-0.1, -0.05) is 0 Å². The number of hydrogen-bond donors (Lipinski definition) is 2. The Morgan fingerprint density at radius 2 is 2.27 bits per heavy atom. The van der Waals surface area contributed by atoms with Gasteiger partial charge in [-0.15, -0.1) is 11.3 Å². The Hall–Kier alpha value is -1.96. The second kappa shape index (κ2) is 6.33. The summed E-state index contributed by atoms with van der Waals surface area (Å²) in [7, 11) is 0. The summed E-state index contributed by atoms with van der Waals surface area (Å²) in [4.78, 5) is 26.7. The molecule has 3 atom stereocenters. The third-order valence-corrected chi connectivity index (χ3v) is 6.66. The first-order valence-corrected chi connectivity index (χ1v) is 10.0.